The van der Waals surface area contributed by atoms with E-state index in [2.05, 4.69) is 10.4 Å². The Morgan fingerprint density at radius 3 is 2.60 bits per heavy atom. The van der Waals surface area contributed by atoms with Gasteiger partial charge in [-0.05, 0) is 70.2 Å². The summed E-state index contributed by atoms with van der Waals surface area (Å²) in [6, 6.07) is 9.93. The molecule has 0 radical (unpaired) electrons. The Morgan fingerprint density at radius 2 is 1.87 bits per heavy atom. The number of aromatic nitrogens is 2. The van der Waals surface area contributed by atoms with E-state index in [1.807, 2.05) is 51.1 Å². The lowest BCUT2D eigenvalue weighted by Crippen LogP contribution is -2.21. The van der Waals surface area contributed by atoms with Crippen LogP contribution in [0.15, 0.2) is 30.3 Å². The minimum absolute atomic E-state index is 0.323. The van der Waals surface area contributed by atoms with Crippen molar-refractivity contribution < 1.29 is 14.3 Å². The molecule has 0 atom stereocenters. The van der Waals surface area contributed by atoms with Crippen molar-refractivity contribution in [3.05, 3.63) is 62.6 Å². The minimum Gasteiger partial charge on any atom is -0.451 e. The van der Waals surface area contributed by atoms with Crippen molar-refractivity contribution in [2.24, 2.45) is 0 Å². The molecule has 0 spiro atoms. The van der Waals surface area contributed by atoms with E-state index >= 15 is 0 Å². The molecule has 1 N–H and O–H groups in total. The molecule has 0 aliphatic heterocycles. The number of anilines is 1. The van der Waals surface area contributed by atoms with Crippen molar-refractivity contribution >= 4 is 28.9 Å². The second-order valence-electron chi connectivity index (χ2n) is 7.68. The van der Waals surface area contributed by atoms with Crippen LogP contribution >= 0.6 is 11.3 Å². The van der Waals surface area contributed by atoms with Crippen molar-refractivity contribution in [2.75, 3.05) is 11.9 Å². The quantitative estimate of drug-likeness (QED) is 0.612. The Labute approximate surface area is 179 Å². The predicted molar refractivity (Wildman–Crippen MR) is 118 cm³/mol. The summed E-state index contributed by atoms with van der Waals surface area (Å²) >= 11 is 1.49. The van der Waals surface area contributed by atoms with Crippen molar-refractivity contribution in [3.63, 3.8) is 0 Å². The smallest absolute Gasteiger partial charge is 0.348 e. The Balaban J connectivity index is 1.40. The Kier molecular flexibility index (Phi) is 5.72. The van der Waals surface area contributed by atoms with Crippen molar-refractivity contribution in [3.8, 4) is 5.69 Å². The fourth-order valence-electron chi connectivity index (χ4n) is 3.73. The fourth-order valence-corrected chi connectivity index (χ4v) is 4.88. The number of carbonyl (C=O) groups excluding carboxylic acids is 2. The van der Waals surface area contributed by atoms with Crippen LogP contribution in [-0.2, 0) is 22.4 Å². The standard InChI is InChI=1S/C23H25N3O3S/c1-14-8-10-18(11-9-14)26-16(3)22(15(2)25-26)24-21(27)13-29-23(28)20-12-17-6-4-5-7-19(17)30-20/h8-12H,4-7,13H2,1-3H3,(H,24,27). The maximum absolute atomic E-state index is 12.4. The SMILES string of the molecule is Cc1ccc(-n2nc(C)c(NC(=O)COC(=O)c3cc4c(s3)CCCC4)c2C)cc1. The number of nitrogens with zero attached hydrogens (tertiary/aromatic N) is 2. The van der Waals surface area contributed by atoms with Gasteiger partial charge < -0.3 is 10.1 Å². The number of carbonyl (C=O) groups is 2. The van der Waals surface area contributed by atoms with Gasteiger partial charge in [0.2, 0.25) is 0 Å². The minimum atomic E-state index is -0.437. The van der Waals surface area contributed by atoms with Gasteiger partial charge in [-0.3, -0.25) is 4.79 Å². The van der Waals surface area contributed by atoms with Crippen LogP contribution < -0.4 is 5.32 Å². The number of nitrogens with one attached hydrogen (secondary N) is 1. The molecule has 0 saturated carbocycles. The van der Waals surface area contributed by atoms with Crippen molar-refractivity contribution in [1.29, 1.82) is 0 Å². The molecule has 1 amide bonds. The van der Waals surface area contributed by atoms with Crippen LogP contribution in [0.2, 0.25) is 0 Å². The highest BCUT2D eigenvalue weighted by Crippen LogP contribution is 2.30. The van der Waals surface area contributed by atoms with E-state index in [1.54, 1.807) is 4.68 Å². The summed E-state index contributed by atoms with van der Waals surface area (Å²) < 4.78 is 7.05. The molecule has 2 aromatic heterocycles. The van der Waals surface area contributed by atoms with Gasteiger partial charge in [-0.25, -0.2) is 9.48 Å². The molecule has 7 heteroatoms. The van der Waals surface area contributed by atoms with Crippen LogP contribution in [0.3, 0.4) is 0 Å². The summed E-state index contributed by atoms with van der Waals surface area (Å²) in [6.45, 7) is 5.45. The normalized spacial score (nSPS) is 13.0. The highest BCUT2D eigenvalue weighted by atomic mass is 32.1. The average Bonchev–Trinajstić information content (AvgIpc) is 3.29. The van der Waals surface area contributed by atoms with E-state index in [-0.39, 0.29) is 12.5 Å². The van der Waals surface area contributed by atoms with Gasteiger partial charge in [-0.1, -0.05) is 17.7 Å². The monoisotopic (exact) mass is 423 g/mol. The largest absolute Gasteiger partial charge is 0.451 e. The van der Waals surface area contributed by atoms with Gasteiger partial charge in [0.1, 0.15) is 4.88 Å². The van der Waals surface area contributed by atoms with Crippen molar-refractivity contribution in [1.82, 2.24) is 9.78 Å². The number of rotatable bonds is 5. The van der Waals surface area contributed by atoms with Crippen LogP contribution in [0.25, 0.3) is 5.69 Å². The first-order valence-electron chi connectivity index (χ1n) is 10.1. The topological polar surface area (TPSA) is 73.2 Å². The second-order valence-corrected chi connectivity index (χ2v) is 8.82. The predicted octanol–water partition coefficient (Wildman–Crippen LogP) is 4.53. The molecule has 4 rings (SSSR count). The molecular weight excluding hydrogens is 398 g/mol. The van der Waals surface area contributed by atoms with Gasteiger partial charge in [0.05, 0.1) is 22.8 Å². The zero-order valence-electron chi connectivity index (χ0n) is 17.4. The first-order chi connectivity index (χ1) is 14.4. The fraction of sp³-hybridized carbons (Fsp3) is 0.348. The van der Waals surface area contributed by atoms with Crippen LogP contribution in [0.4, 0.5) is 5.69 Å². The average molecular weight is 424 g/mol. The molecule has 6 nitrogen and oxygen atoms in total. The molecular formula is C23H25N3O3S. The lowest BCUT2D eigenvalue weighted by Gasteiger charge is -2.08. The maximum atomic E-state index is 12.4. The molecule has 1 aromatic carbocycles. The molecule has 30 heavy (non-hydrogen) atoms. The number of hydrogen-bond donors (Lipinski definition) is 1. The summed E-state index contributed by atoms with van der Waals surface area (Å²) in [7, 11) is 0. The van der Waals surface area contributed by atoms with Gasteiger partial charge in [0.25, 0.3) is 5.91 Å². The van der Waals surface area contributed by atoms with Gasteiger partial charge in [-0.15, -0.1) is 11.3 Å². The van der Waals surface area contributed by atoms with Gasteiger partial charge in [0, 0.05) is 4.88 Å². The molecule has 0 fully saturated rings. The van der Waals surface area contributed by atoms with E-state index in [1.165, 1.54) is 33.8 Å². The zero-order chi connectivity index (χ0) is 21.3. The van der Waals surface area contributed by atoms with E-state index in [9.17, 15) is 9.59 Å². The highest BCUT2D eigenvalue weighted by molar-refractivity contribution is 7.14. The number of fused-ring (bicyclic) bond motifs is 1. The number of ether oxygens (including phenoxy) is 1. The third-order valence-electron chi connectivity index (χ3n) is 5.37. The maximum Gasteiger partial charge on any atom is 0.348 e. The summed E-state index contributed by atoms with van der Waals surface area (Å²) in [5.74, 6) is -0.812. The first kappa shape index (κ1) is 20.3. The van der Waals surface area contributed by atoms with E-state index < -0.39 is 5.97 Å². The summed E-state index contributed by atoms with van der Waals surface area (Å²) in [5, 5.41) is 7.38. The molecule has 3 aromatic rings. The number of thiophene rings is 1. The summed E-state index contributed by atoms with van der Waals surface area (Å²) in [4.78, 5) is 26.6. The third kappa shape index (κ3) is 4.16. The van der Waals surface area contributed by atoms with E-state index in [4.69, 9.17) is 4.74 Å². The molecule has 1 aliphatic carbocycles. The lowest BCUT2D eigenvalue weighted by atomic mass is 9.99. The van der Waals surface area contributed by atoms with Crippen LogP contribution in [-0.4, -0.2) is 28.3 Å². The number of esters is 1. The Bertz CT molecular complexity index is 1070. The highest BCUT2D eigenvalue weighted by Gasteiger charge is 2.20. The Hall–Kier alpha value is -2.93. The molecule has 0 bridgehead atoms. The molecule has 0 unspecified atom stereocenters. The number of aryl methyl sites for hydroxylation is 4. The van der Waals surface area contributed by atoms with Crippen LogP contribution in [0.5, 0.6) is 0 Å². The third-order valence-corrected chi connectivity index (χ3v) is 6.58. The molecule has 0 saturated heterocycles. The number of amides is 1. The van der Waals surface area contributed by atoms with Crippen LogP contribution in [0, 0.1) is 20.8 Å². The van der Waals surface area contributed by atoms with Gasteiger partial charge in [-0.2, -0.15) is 5.10 Å². The van der Waals surface area contributed by atoms with Crippen molar-refractivity contribution in [2.45, 2.75) is 46.5 Å². The van der Waals surface area contributed by atoms with Gasteiger partial charge >= 0.3 is 5.97 Å². The summed E-state index contributed by atoms with van der Waals surface area (Å²) in [6.07, 6.45) is 4.37. The molecule has 156 valence electrons. The Morgan fingerprint density at radius 1 is 1.13 bits per heavy atom. The molecule has 2 heterocycles. The van der Waals surface area contributed by atoms with E-state index in [0.29, 0.717) is 16.3 Å². The van der Waals surface area contributed by atoms with Crippen LogP contribution in [0.1, 0.15) is 49.9 Å². The van der Waals surface area contributed by atoms with E-state index in [0.717, 1.165) is 30.6 Å². The zero-order valence-corrected chi connectivity index (χ0v) is 18.3. The first-order valence-corrected chi connectivity index (χ1v) is 11.0. The second kappa shape index (κ2) is 8.44. The molecule has 1 aliphatic rings. The van der Waals surface area contributed by atoms with Gasteiger partial charge in [0.15, 0.2) is 6.61 Å². The number of benzene rings is 1. The summed E-state index contributed by atoms with van der Waals surface area (Å²) in [5.41, 5.74) is 5.51. The number of hydrogen-bond acceptors (Lipinski definition) is 5. The lowest BCUT2D eigenvalue weighted by molar-refractivity contribution is -0.119.